The van der Waals surface area contributed by atoms with Crippen LogP contribution >= 0.6 is 23.6 Å². The average Bonchev–Trinajstić information content (AvgIpc) is 2.73. The van der Waals surface area contributed by atoms with Crippen molar-refractivity contribution in [3.05, 3.63) is 21.9 Å². The highest BCUT2D eigenvalue weighted by Gasteiger charge is 2.26. The second-order valence-electron chi connectivity index (χ2n) is 3.93. The molecular weight excluding hydrogens is 240 g/mol. The smallest absolute Gasteiger partial charge is 0.227 e. The Labute approximate surface area is 104 Å². The van der Waals surface area contributed by atoms with Gasteiger partial charge in [0.2, 0.25) is 5.91 Å². The molecule has 1 atom stereocenters. The molecule has 1 unspecified atom stereocenters. The maximum Gasteiger partial charge on any atom is 0.227 e. The average molecular weight is 254 g/mol. The Morgan fingerprint density at radius 3 is 3.25 bits per heavy atom. The van der Waals surface area contributed by atoms with Crippen molar-refractivity contribution in [1.29, 1.82) is 0 Å². The molecule has 86 valence electrons. The minimum atomic E-state index is -0.00986. The number of hydrogen-bond acceptors (Lipinski definition) is 3. The van der Waals surface area contributed by atoms with E-state index in [1.165, 1.54) is 10.4 Å². The summed E-state index contributed by atoms with van der Waals surface area (Å²) >= 11 is 6.48. The fourth-order valence-corrected chi connectivity index (χ4v) is 3.12. The van der Waals surface area contributed by atoms with E-state index < -0.39 is 0 Å². The van der Waals surface area contributed by atoms with Crippen molar-refractivity contribution in [2.24, 2.45) is 5.73 Å². The molecule has 0 fully saturated rings. The van der Waals surface area contributed by atoms with Gasteiger partial charge in [-0.3, -0.25) is 4.79 Å². The number of amides is 1. The van der Waals surface area contributed by atoms with E-state index in [1.807, 2.05) is 0 Å². The number of thiophene rings is 1. The summed E-state index contributed by atoms with van der Waals surface area (Å²) in [6.45, 7) is 0.296. The summed E-state index contributed by atoms with van der Waals surface area (Å²) in [5.74, 6) is 0.0384. The van der Waals surface area contributed by atoms with Crippen LogP contribution in [0.3, 0.4) is 0 Å². The molecule has 1 aliphatic carbocycles. The first-order chi connectivity index (χ1) is 7.68. The lowest BCUT2D eigenvalue weighted by atomic mass is 9.87. The highest BCUT2D eigenvalue weighted by atomic mass is 32.1. The van der Waals surface area contributed by atoms with Gasteiger partial charge in [-0.25, -0.2) is 0 Å². The Balaban J connectivity index is 2.06. The number of rotatable bonds is 3. The van der Waals surface area contributed by atoms with Crippen molar-refractivity contribution in [2.45, 2.75) is 25.2 Å². The van der Waals surface area contributed by atoms with Crippen molar-refractivity contribution in [1.82, 2.24) is 5.32 Å². The minimum Gasteiger partial charge on any atom is -0.392 e. The van der Waals surface area contributed by atoms with E-state index in [0.29, 0.717) is 11.5 Å². The summed E-state index contributed by atoms with van der Waals surface area (Å²) in [6.07, 6.45) is 3.11. The predicted molar refractivity (Wildman–Crippen MR) is 69.8 cm³/mol. The predicted octanol–water partition coefficient (Wildman–Crippen LogP) is 1.57. The Morgan fingerprint density at radius 2 is 2.50 bits per heavy atom. The van der Waals surface area contributed by atoms with Crippen LogP contribution in [0.1, 0.15) is 29.2 Å². The summed E-state index contributed by atoms with van der Waals surface area (Å²) < 4.78 is 0. The lowest BCUT2D eigenvalue weighted by molar-refractivity contribution is -0.122. The molecule has 0 bridgehead atoms. The Hall–Kier alpha value is -0.940. The molecule has 3 nitrogen and oxygen atoms in total. The number of nitrogens with one attached hydrogen (secondary N) is 1. The molecule has 1 aliphatic rings. The van der Waals surface area contributed by atoms with Crippen LogP contribution in [0.25, 0.3) is 0 Å². The van der Waals surface area contributed by atoms with Crippen LogP contribution in [0.4, 0.5) is 0 Å². The van der Waals surface area contributed by atoms with Crippen LogP contribution in [0, 0.1) is 0 Å². The van der Waals surface area contributed by atoms with Crippen molar-refractivity contribution < 1.29 is 4.79 Å². The van der Waals surface area contributed by atoms with E-state index in [4.69, 9.17) is 18.0 Å². The molecule has 1 amide bonds. The first-order valence-electron chi connectivity index (χ1n) is 5.31. The molecule has 0 saturated heterocycles. The molecule has 1 aromatic rings. The third-order valence-corrected chi connectivity index (χ3v) is 3.95. The zero-order chi connectivity index (χ0) is 11.5. The minimum absolute atomic E-state index is 0.00986. The molecular formula is C11H14N2OS2. The normalized spacial score (nSPS) is 18.9. The second kappa shape index (κ2) is 4.93. The van der Waals surface area contributed by atoms with E-state index in [1.54, 1.807) is 11.3 Å². The third kappa shape index (κ3) is 2.41. The van der Waals surface area contributed by atoms with Crippen LogP contribution in [0.15, 0.2) is 11.4 Å². The third-order valence-electron chi connectivity index (χ3n) is 2.81. The highest BCUT2D eigenvalue weighted by molar-refractivity contribution is 7.80. The van der Waals surface area contributed by atoms with Gasteiger partial charge in [-0.2, -0.15) is 0 Å². The number of aryl methyl sites for hydroxylation is 1. The van der Waals surface area contributed by atoms with Gasteiger partial charge in [0, 0.05) is 4.88 Å². The maximum atomic E-state index is 11.9. The van der Waals surface area contributed by atoms with Crippen molar-refractivity contribution in [2.75, 3.05) is 6.54 Å². The van der Waals surface area contributed by atoms with Gasteiger partial charge in [0.25, 0.3) is 0 Å². The molecule has 0 saturated carbocycles. The van der Waals surface area contributed by atoms with Crippen LogP contribution in [0.5, 0.6) is 0 Å². The fraction of sp³-hybridized carbons (Fsp3) is 0.455. The van der Waals surface area contributed by atoms with E-state index in [0.717, 1.165) is 19.3 Å². The highest BCUT2D eigenvalue weighted by Crippen LogP contribution is 2.34. The summed E-state index contributed by atoms with van der Waals surface area (Å²) in [4.78, 5) is 13.6. The standard InChI is InChI=1S/C11H14N2OS2/c12-10(15)6-13-11(14)8-2-1-3-9-7(8)4-5-16-9/h4-5,8H,1-3,6H2,(H2,12,15)(H,13,14). The number of carbonyl (C=O) groups excluding carboxylic acids is 1. The molecule has 16 heavy (non-hydrogen) atoms. The largest absolute Gasteiger partial charge is 0.392 e. The molecule has 2 rings (SSSR count). The van der Waals surface area contributed by atoms with Crippen LogP contribution in [0.2, 0.25) is 0 Å². The number of fused-ring (bicyclic) bond motifs is 1. The number of carbonyl (C=O) groups is 1. The van der Waals surface area contributed by atoms with Crippen LogP contribution in [-0.2, 0) is 11.2 Å². The Bertz CT molecular complexity index is 414. The first kappa shape index (κ1) is 11.5. The molecule has 1 heterocycles. The first-order valence-corrected chi connectivity index (χ1v) is 6.59. The SMILES string of the molecule is NC(=S)CNC(=O)C1CCCc2sccc21. The van der Waals surface area contributed by atoms with Gasteiger partial charge in [0.1, 0.15) is 0 Å². The lowest BCUT2D eigenvalue weighted by Gasteiger charge is -2.21. The zero-order valence-electron chi connectivity index (χ0n) is 8.86. The van der Waals surface area contributed by atoms with E-state index >= 15 is 0 Å². The molecule has 5 heteroatoms. The molecule has 0 radical (unpaired) electrons. The second-order valence-corrected chi connectivity index (χ2v) is 5.45. The maximum absolute atomic E-state index is 11.9. The van der Waals surface area contributed by atoms with Gasteiger partial charge in [-0.1, -0.05) is 12.2 Å². The molecule has 0 aliphatic heterocycles. The van der Waals surface area contributed by atoms with Crippen LogP contribution in [-0.4, -0.2) is 17.4 Å². The molecule has 0 spiro atoms. The number of nitrogens with two attached hydrogens (primary N) is 1. The summed E-state index contributed by atoms with van der Waals surface area (Å²) in [6, 6.07) is 2.06. The summed E-state index contributed by atoms with van der Waals surface area (Å²) in [5, 5.41) is 4.84. The van der Waals surface area contributed by atoms with Gasteiger partial charge < -0.3 is 11.1 Å². The van der Waals surface area contributed by atoms with Gasteiger partial charge >= 0.3 is 0 Å². The van der Waals surface area contributed by atoms with Gasteiger partial charge in [-0.05, 0) is 36.3 Å². The van der Waals surface area contributed by atoms with Crippen molar-refractivity contribution >= 4 is 34.5 Å². The van der Waals surface area contributed by atoms with Gasteiger partial charge in [-0.15, -0.1) is 11.3 Å². The van der Waals surface area contributed by atoms with E-state index in [2.05, 4.69) is 16.8 Å². The summed E-state index contributed by atoms with van der Waals surface area (Å²) in [5.41, 5.74) is 6.56. The fourth-order valence-electron chi connectivity index (χ4n) is 2.06. The van der Waals surface area contributed by atoms with E-state index in [9.17, 15) is 4.79 Å². The monoisotopic (exact) mass is 254 g/mol. The Kier molecular flexibility index (Phi) is 3.56. The molecule has 3 N–H and O–H groups in total. The van der Waals surface area contributed by atoms with Crippen molar-refractivity contribution in [3.8, 4) is 0 Å². The van der Waals surface area contributed by atoms with Crippen LogP contribution < -0.4 is 11.1 Å². The molecule has 0 aromatic carbocycles. The number of hydrogen-bond donors (Lipinski definition) is 2. The van der Waals surface area contributed by atoms with Gasteiger partial charge in [0.05, 0.1) is 17.5 Å². The quantitative estimate of drug-likeness (QED) is 0.805. The zero-order valence-corrected chi connectivity index (χ0v) is 10.5. The van der Waals surface area contributed by atoms with E-state index in [-0.39, 0.29) is 11.8 Å². The number of thiocarbonyl (C=S) groups is 1. The van der Waals surface area contributed by atoms with Crippen molar-refractivity contribution in [3.63, 3.8) is 0 Å². The topological polar surface area (TPSA) is 55.1 Å². The Morgan fingerprint density at radius 1 is 1.69 bits per heavy atom. The summed E-state index contributed by atoms with van der Waals surface area (Å²) in [7, 11) is 0. The molecule has 1 aromatic heterocycles. The van der Waals surface area contributed by atoms with Gasteiger partial charge in [0.15, 0.2) is 0 Å². The lowest BCUT2D eigenvalue weighted by Crippen LogP contribution is -2.36.